The second-order valence-corrected chi connectivity index (χ2v) is 6.99. The van der Waals surface area contributed by atoms with E-state index < -0.39 is 12.1 Å². The Kier molecular flexibility index (Phi) is 4.59. The molecule has 5 nitrogen and oxygen atoms in total. The summed E-state index contributed by atoms with van der Waals surface area (Å²) in [7, 11) is 0. The first-order chi connectivity index (χ1) is 8.97. The van der Waals surface area contributed by atoms with Crippen molar-refractivity contribution in [3.8, 4) is 0 Å². The zero-order chi connectivity index (χ0) is 14.0. The summed E-state index contributed by atoms with van der Waals surface area (Å²) in [6.45, 7) is 2.56. The Morgan fingerprint density at radius 3 is 2.84 bits per heavy atom. The van der Waals surface area contributed by atoms with Crippen molar-refractivity contribution in [3.63, 3.8) is 0 Å². The highest BCUT2D eigenvalue weighted by Crippen LogP contribution is 2.22. The topological polar surface area (TPSA) is 69.6 Å². The second kappa shape index (κ2) is 6.02. The summed E-state index contributed by atoms with van der Waals surface area (Å²) in [5, 5.41) is 12.1. The SMILES string of the molecule is CC(NC(=O)c1ccc(Br)s1)C(=O)N1CC[C@@H](O)C1. The molecule has 1 unspecified atom stereocenters. The average molecular weight is 347 g/mol. The standard InChI is InChI=1S/C12H15BrN2O3S/c1-7(12(18)15-5-4-8(16)6-15)14-11(17)9-2-3-10(13)19-9/h2-3,7-8,16H,4-6H2,1H3,(H,14,17)/t7?,8-/m1/s1. The minimum Gasteiger partial charge on any atom is -0.391 e. The summed E-state index contributed by atoms with van der Waals surface area (Å²) in [4.78, 5) is 26.1. The summed E-state index contributed by atoms with van der Waals surface area (Å²) < 4.78 is 0.874. The van der Waals surface area contributed by atoms with Gasteiger partial charge in [-0.05, 0) is 41.4 Å². The van der Waals surface area contributed by atoms with E-state index in [4.69, 9.17) is 0 Å². The zero-order valence-electron chi connectivity index (χ0n) is 10.4. The number of likely N-dealkylation sites (tertiary alicyclic amines) is 1. The molecule has 1 fully saturated rings. The van der Waals surface area contributed by atoms with Crippen molar-refractivity contribution in [1.29, 1.82) is 0 Å². The highest BCUT2D eigenvalue weighted by atomic mass is 79.9. The van der Waals surface area contributed by atoms with Gasteiger partial charge >= 0.3 is 0 Å². The van der Waals surface area contributed by atoms with Crippen LogP contribution in [-0.2, 0) is 4.79 Å². The van der Waals surface area contributed by atoms with E-state index in [1.54, 1.807) is 24.0 Å². The van der Waals surface area contributed by atoms with E-state index in [0.29, 0.717) is 24.4 Å². The molecule has 1 saturated heterocycles. The van der Waals surface area contributed by atoms with Crippen LogP contribution >= 0.6 is 27.3 Å². The van der Waals surface area contributed by atoms with Crippen LogP contribution in [0.1, 0.15) is 23.0 Å². The molecular formula is C12H15BrN2O3S. The number of hydrogen-bond donors (Lipinski definition) is 2. The van der Waals surface area contributed by atoms with Crippen molar-refractivity contribution < 1.29 is 14.7 Å². The van der Waals surface area contributed by atoms with Gasteiger partial charge in [-0.3, -0.25) is 9.59 Å². The number of aliphatic hydroxyl groups is 1. The lowest BCUT2D eigenvalue weighted by Crippen LogP contribution is -2.46. The minimum absolute atomic E-state index is 0.152. The van der Waals surface area contributed by atoms with Crippen LogP contribution in [0.2, 0.25) is 0 Å². The monoisotopic (exact) mass is 346 g/mol. The van der Waals surface area contributed by atoms with Gasteiger partial charge in [0, 0.05) is 13.1 Å². The summed E-state index contributed by atoms with van der Waals surface area (Å²) in [6.07, 6.45) is 0.157. The fourth-order valence-electron chi connectivity index (χ4n) is 1.98. The van der Waals surface area contributed by atoms with Crippen LogP contribution in [0.3, 0.4) is 0 Å². The van der Waals surface area contributed by atoms with Gasteiger partial charge < -0.3 is 15.3 Å². The number of aliphatic hydroxyl groups excluding tert-OH is 1. The third-order valence-electron chi connectivity index (χ3n) is 2.99. The Labute approximate surface area is 123 Å². The number of hydrogen-bond acceptors (Lipinski definition) is 4. The van der Waals surface area contributed by atoms with Gasteiger partial charge in [-0.2, -0.15) is 0 Å². The molecule has 19 heavy (non-hydrogen) atoms. The third kappa shape index (κ3) is 3.55. The van der Waals surface area contributed by atoms with Crippen LogP contribution < -0.4 is 5.32 Å². The molecule has 1 aromatic rings. The van der Waals surface area contributed by atoms with E-state index in [9.17, 15) is 14.7 Å². The van der Waals surface area contributed by atoms with E-state index in [1.807, 2.05) is 0 Å². The molecule has 7 heteroatoms. The van der Waals surface area contributed by atoms with Gasteiger partial charge in [0.25, 0.3) is 5.91 Å². The largest absolute Gasteiger partial charge is 0.391 e. The molecule has 2 N–H and O–H groups in total. The zero-order valence-corrected chi connectivity index (χ0v) is 12.8. The average Bonchev–Trinajstić information content (AvgIpc) is 2.97. The Morgan fingerprint density at radius 1 is 1.58 bits per heavy atom. The van der Waals surface area contributed by atoms with E-state index in [2.05, 4.69) is 21.2 Å². The maximum Gasteiger partial charge on any atom is 0.262 e. The van der Waals surface area contributed by atoms with Gasteiger partial charge in [0.05, 0.1) is 14.8 Å². The van der Waals surface area contributed by atoms with Crippen LogP contribution in [0.5, 0.6) is 0 Å². The molecule has 1 aliphatic rings. The number of amides is 2. The van der Waals surface area contributed by atoms with E-state index in [-0.39, 0.29) is 11.8 Å². The Balaban J connectivity index is 1.91. The van der Waals surface area contributed by atoms with Crippen molar-refractivity contribution in [3.05, 3.63) is 20.8 Å². The Morgan fingerprint density at radius 2 is 2.32 bits per heavy atom. The Bertz CT molecular complexity index is 491. The van der Waals surface area contributed by atoms with Gasteiger partial charge in [0.2, 0.25) is 5.91 Å². The molecule has 0 aromatic carbocycles. The molecule has 2 heterocycles. The first kappa shape index (κ1) is 14.5. The van der Waals surface area contributed by atoms with Crippen LogP contribution in [-0.4, -0.2) is 47.1 Å². The van der Waals surface area contributed by atoms with Crippen LogP contribution in [0.4, 0.5) is 0 Å². The van der Waals surface area contributed by atoms with Gasteiger partial charge in [-0.25, -0.2) is 0 Å². The summed E-state index contributed by atoms with van der Waals surface area (Å²) in [6, 6.07) is 2.92. The number of β-amino-alcohol motifs (C(OH)–C–C–N with tert-alkyl or cyclic N) is 1. The molecule has 2 amide bonds. The molecule has 0 saturated carbocycles. The molecule has 2 rings (SSSR count). The lowest BCUT2D eigenvalue weighted by atomic mass is 10.3. The van der Waals surface area contributed by atoms with Crippen LogP contribution in [0.15, 0.2) is 15.9 Å². The highest BCUT2D eigenvalue weighted by Gasteiger charge is 2.28. The van der Waals surface area contributed by atoms with Crippen molar-refractivity contribution in [2.24, 2.45) is 0 Å². The maximum absolute atomic E-state index is 12.1. The molecule has 2 atom stereocenters. The Hall–Kier alpha value is -0.920. The molecule has 0 bridgehead atoms. The second-order valence-electron chi connectivity index (χ2n) is 4.53. The fourth-order valence-corrected chi connectivity index (χ4v) is 3.27. The van der Waals surface area contributed by atoms with Crippen molar-refractivity contribution in [1.82, 2.24) is 10.2 Å². The van der Waals surface area contributed by atoms with Gasteiger partial charge in [-0.15, -0.1) is 11.3 Å². The molecule has 1 aromatic heterocycles. The number of halogens is 1. The number of nitrogens with zero attached hydrogens (tertiary/aromatic N) is 1. The first-order valence-corrected chi connectivity index (χ1v) is 7.61. The van der Waals surface area contributed by atoms with E-state index in [0.717, 1.165) is 3.79 Å². The molecule has 1 aliphatic heterocycles. The summed E-state index contributed by atoms with van der Waals surface area (Å²) >= 11 is 4.61. The third-order valence-corrected chi connectivity index (χ3v) is 4.61. The minimum atomic E-state index is -0.585. The van der Waals surface area contributed by atoms with Gasteiger partial charge in [0.1, 0.15) is 6.04 Å². The normalized spacial score (nSPS) is 20.4. The number of carbonyl (C=O) groups is 2. The molecule has 104 valence electrons. The number of thiophene rings is 1. The highest BCUT2D eigenvalue weighted by molar-refractivity contribution is 9.11. The van der Waals surface area contributed by atoms with Crippen molar-refractivity contribution >= 4 is 39.1 Å². The summed E-state index contributed by atoms with van der Waals surface area (Å²) in [5.74, 6) is -0.406. The number of rotatable bonds is 3. The molecule has 0 aliphatic carbocycles. The molecule has 0 radical (unpaired) electrons. The van der Waals surface area contributed by atoms with E-state index in [1.165, 1.54) is 11.3 Å². The van der Waals surface area contributed by atoms with Crippen molar-refractivity contribution in [2.75, 3.05) is 13.1 Å². The fraction of sp³-hybridized carbons (Fsp3) is 0.500. The predicted molar refractivity (Wildman–Crippen MR) is 76.2 cm³/mol. The van der Waals surface area contributed by atoms with Crippen molar-refractivity contribution in [2.45, 2.75) is 25.5 Å². The lowest BCUT2D eigenvalue weighted by molar-refractivity contribution is -0.132. The summed E-state index contributed by atoms with van der Waals surface area (Å²) in [5.41, 5.74) is 0. The van der Waals surface area contributed by atoms with Crippen LogP contribution in [0, 0.1) is 0 Å². The van der Waals surface area contributed by atoms with Gasteiger partial charge in [0.15, 0.2) is 0 Å². The smallest absolute Gasteiger partial charge is 0.262 e. The number of nitrogens with one attached hydrogen (secondary N) is 1. The number of carbonyl (C=O) groups excluding carboxylic acids is 2. The predicted octanol–water partition coefficient (Wildman–Crippen LogP) is 1.22. The van der Waals surface area contributed by atoms with E-state index >= 15 is 0 Å². The first-order valence-electron chi connectivity index (χ1n) is 6.00. The lowest BCUT2D eigenvalue weighted by Gasteiger charge is -2.21. The maximum atomic E-state index is 12.1. The van der Waals surface area contributed by atoms with Gasteiger partial charge in [-0.1, -0.05) is 0 Å². The molecule has 0 spiro atoms. The molecular weight excluding hydrogens is 332 g/mol. The van der Waals surface area contributed by atoms with Crippen LogP contribution in [0.25, 0.3) is 0 Å². The quantitative estimate of drug-likeness (QED) is 0.864.